The molecule has 0 spiro atoms. The van der Waals surface area contributed by atoms with Crippen molar-refractivity contribution < 1.29 is 25.2 Å². The maximum atomic E-state index is 11.0. The van der Waals surface area contributed by atoms with Gasteiger partial charge in [-0.2, -0.15) is 0 Å². The summed E-state index contributed by atoms with van der Waals surface area (Å²) in [5.41, 5.74) is -3.52. The molecule has 76 valence electrons. The van der Waals surface area contributed by atoms with Crippen molar-refractivity contribution in [2.45, 2.75) is 29.3 Å². The van der Waals surface area contributed by atoms with Gasteiger partial charge in [0.15, 0.2) is 11.4 Å². The molecule has 1 heterocycles. The summed E-state index contributed by atoms with van der Waals surface area (Å²) in [5, 5.41) is 36.4. The van der Waals surface area contributed by atoms with Crippen molar-refractivity contribution in [1.29, 1.82) is 0 Å². The molecule has 0 aliphatic carbocycles. The topological polar surface area (TPSA) is 98.0 Å². The number of hydrogen-bond acceptors (Lipinski definition) is 6. The normalized spacial score (nSPS) is 45.2. The quantitative estimate of drug-likeness (QED) is 0.423. The Labute approximate surface area is 79.4 Å². The van der Waals surface area contributed by atoms with E-state index >= 15 is 0 Å². The van der Waals surface area contributed by atoms with Crippen molar-refractivity contribution in [2.24, 2.45) is 0 Å². The van der Waals surface area contributed by atoms with Gasteiger partial charge in [-0.05, 0) is 6.92 Å². The summed E-state index contributed by atoms with van der Waals surface area (Å²) in [6.45, 7) is 0.700. The number of ketones is 1. The monoisotopic (exact) mass is 208 g/mol. The number of carbonyl (C=O) groups is 1. The molecule has 1 fully saturated rings. The van der Waals surface area contributed by atoms with E-state index in [1.165, 1.54) is 0 Å². The van der Waals surface area contributed by atoms with Crippen LogP contribution in [0.5, 0.6) is 0 Å². The van der Waals surface area contributed by atoms with Crippen LogP contribution < -0.4 is 0 Å². The predicted molar refractivity (Wildman–Crippen MR) is 46.1 cm³/mol. The third kappa shape index (κ3) is 1.49. The molecule has 0 unspecified atom stereocenters. The molecule has 0 amide bonds. The second-order valence-electron chi connectivity index (χ2n) is 3.04. The third-order valence-corrected chi connectivity index (χ3v) is 3.60. The highest BCUT2D eigenvalue weighted by Crippen LogP contribution is 2.40. The molecule has 0 bridgehead atoms. The standard InChI is InChI=1S/C7H12O5S/c1-3(9)7(12)5(10)4(2-8)13-6(7)11/h4-6,8,10-12H,2H2,1H3/t4-,5+,6-,7-/m0/s1. The molecule has 0 aromatic carbocycles. The van der Waals surface area contributed by atoms with E-state index in [2.05, 4.69) is 0 Å². The van der Waals surface area contributed by atoms with E-state index in [1.807, 2.05) is 0 Å². The van der Waals surface area contributed by atoms with E-state index in [9.17, 15) is 20.1 Å². The fourth-order valence-electron chi connectivity index (χ4n) is 1.30. The number of carbonyl (C=O) groups excluding carboxylic acids is 1. The first-order valence-corrected chi connectivity index (χ1v) is 4.74. The minimum absolute atomic E-state index is 0.390. The Morgan fingerprint density at radius 1 is 1.54 bits per heavy atom. The number of aliphatic hydroxyl groups is 4. The van der Waals surface area contributed by atoms with Crippen molar-refractivity contribution >= 4 is 17.5 Å². The van der Waals surface area contributed by atoms with E-state index in [1.54, 1.807) is 0 Å². The highest BCUT2D eigenvalue weighted by atomic mass is 32.2. The van der Waals surface area contributed by atoms with Gasteiger partial charge in [0, 0.05) is 0 Å². The van der Waals surface area contributed by atoms with Crippen LogP contribution in [0.1, 0.15) is 6.92 Å². The van der Waals surface area contributed by atoms with Crippen molar-refractivity contribution in [3.05, 3.63) is 0 Å². The Bertz CT molecular complexity index is 221. The largest absolute Gasteiger partial charge is 0.395 e. The van der Waals surface area contributed by atoms with Crippen molar-refractivity contribution in [1.82, 2.24) is 0 Å². The van der Waals surface area contributed by atoms with E-state index in [-0.39, 0.29) is 0 Å². The van der Waals surface area contributed by atoms with E-state index in [0.717, 1.165) is 18.7 Å². The van der Waals surface area contributed by atoms with Crippen LogP contribution in [0.4, 0.5) is 0 Å². The molecule has 6 heteroatoms. The van der Waals surface area contributed by atoms with Crippen LogP contribution in [0, 0.1) is 0 Å². The van der Waals surface area contributed by atoms with Gasteiger partial charge in [-0.15, -0.1) is 11.8 Å². The molecule has 1 saturated heterocycles. The van der Waals surface area contributed by atoms with E-state index in [4.69, 9.17) is 5.11 Å². The Balaban J connectivity index is 2.92. The molecular formula is C7H12O5S. The van der Waals surface area contributed by atoms with E-state index in [0.29, 0.717) is 0 Å². The average Bonchev–Trinajstić information content (AvgIpc) is 2.30. The van der Waals surface area contributed by atoms with Crippen LogP contribution in [0.25, 0.3) is 0 Å². The van der Waals surface area contributed by atoms with Crippen LogP contribution in [0.15, 0.2) is 0 Å². The van der Waals surface area contributed by atoms with Gasteiger partial charge >= 0.3 is 0 Å². The zero-order chi connectivity index (χ0) is 10.2. The lowest BCUT2D eigenvalue weighted by Gasteiger charge is -2.26. The van der Waals surface area contributed by atoms with Crippen molar-refractivity contribution in [3.8, 4) is 0 Å². The molecule has 0 saturated carbocycles. The fraction of sp³-hybridized carbons (Fsp3) is 0.857. The predicted octanol–water partition coefficient (Wildman–Crippen LogP) is -1.91. The maximum absolute atomic E-state index is 11.0. The summed E-state index contributed by atoms with van der Waals surface area (Å²) in [7, 11) is 0. The molecule has 0 aromatic rings. The van der Waals surface area contributed by atoms with Gasteiger partial charge in [0.1, 0.15) is 11.5 Å². The van der Waals surface area contributed by atoms with Crippen LogP contribution >= 0.6 is 11.8 Å². The molecule has 1 aliphatic rings. The third-order valence-electron chi connectivity index (χ3n) is 2.23. The molecule has 1 rings (SSSR count). The number of thioether (sulfide) groups is 1. The summed E-state index contributed by atoms with van der Waals surface area (Å²) in [6.07, 6.45) is -1.42. The summed E-state index contributed by atoms with van der Waals surface area (Å²) >= 11 is 0.794. The first-order chi connectivity index (χ1) is 5.94. The van der Waals surface area contributed by atoms with Gasteiger partial charge in [-0.3, -0.25) is 4.79 Å². The van der Waals surface area contributed by atoms with Crippen molar-refractivity contribution in [2.75, 3.05) is 6.61 Å². The Morgan fingerprint density at radius 2 is 2.08 bits per heavy atom. The van der Waals surface area contributed by atoms with Gasteiger partial charge in [-0.1, -0.05) is 0 Å². The Kier molecular flexibility index (Phi) is 2.98. The highest BCUT2D eigenvalue weighted by Gasteiger charge is 2.57. The highest BCUT2D eigenvalue weighted by molar-refractivity contribution is 8.00. The van der Waals surface area contributed by atoms with Gasteiger partial charge < -0.3 is 20.4 Å². The average molecular weight is 208 g/mol. The zero-order valence-corrected chi connectivity index (χ0v) is 7.86. The molecule has 5 nitrogen and oxygen atoms in total. The molecule has 0 aromatic heterocycles. The summed E-state index contributed by atoms with van der Waals surface area (Å²) < 4.78 is 0. The lowest BCUT2D eigenvalue weighted by Crippen LogP contribution is -2.53. The SMILES string of the molecule is CC(=O)[C@]1(O)[C@H](O)[C@H](CO)S[C@@H]1O. The van der Waals surface area contributed by atoms with Crippen LogP contribution in [-0.4, -0.2) is 55.2 Å². The fourth-order valence-corrected chi connectivity index (χ4v) is 2.58. The van der Waals surface area contributed by atoms with Gasteiger partial charge in [-0.25, -0.2) is 0 Å². The Morgan fingerprint density at radius 3 is 2.31 bits per heavy atom. The summed E-state index contributed by atoms with van der Waals surface area (Å²) in [6, 6.07) is 0. The maximum Gasteiger partial charge on any atom is 0.185 e. The number of rotatable bonds is 2. The Hall–Kier alpha value is -0.140. The number of aliphatic hydroxyl groups excluding tert-OH is 3. The summed E-state index contributed by atoms with van der Waals surface area (Å²) in [4.78, 5) is 11.0. The van der Waals surface area contributed by atoms with Crippen LogP contribution in [-0.2, 0) is 4.79 Å². The van der Waals surface area contributed by atoms with Gasteiger partial charge in [0.25, 0.3) is 0 Å². The first kappa shape index (κ1) is 10.9. The second kappa shape index (κ2) is 3.55. The molecule has 0 radical (unpaired) electrons. The minimum Gasteiger partial charge on any atom is -0.395 e. The lowest BCUT2D eigenvalue weighted by molar-refractivity contribution is -0.156. The first-order valence-electron chi connectivity index (χ1n) is 3.80. The summed E-state index contributed by atoms with van der Waals surface area (Å²) in [5.74, 6) is -0.698. The molecular weight excluding hydrogens is 196 g/mol. The van der Waals surface area contributed by atoms with E-state index < -0.39 is 34.8 Å². The van der Waals surface area contributed by atoms with Gasteiger partial charge in [0.2, 0.25) is 0 Å². The van der Waals surface area contributed by atoms with Crippen molar-refractivity contribution in [3.63, 3.8) is 0 Å². The molecule has 1 aliphatic heterocycles. The molecule has 4 atom stereocenters. The smallest absolute Gasteiger partial charge is 0.185 e. The lowest BCUT2D eigenvalue weighted by atomic mass is 9.91. The number of hydrogen-bond donors (Lipinski definition) is 4. The molecule has 13 heavy (non-hydrogen) atoms. The zero-order valence-electron chi connectivity index (χ0n) is 7.04. The van der Waals surface area contributed by atoms with Gasteiger partial charge in [0.05, 0.1) is 11.9 Å². The second-order valence-corrected chi connectivity index (χ2v) is 4.36. The van der Waals surface area contributed by atoms with Crippen LogP contribution in [0.3, 0.4) is 0 Å². The molecule has 4 N–H and O–H groups in total. The number of Topliss-reactive ketones (excluding diaryl/α,β-unsaturated/α-hetero) is 1. The minimum atomic E-state index is -2.14. The van der Waals surface area contributed by atoms with Crippen LogP contribution in [0.2, 0.25) is 0 Å².